The van der Waals surface area contributed by atoms with E-state index in [0.29, 0.717) is 0 Å². The molecule has 0 spiro atoms. The average Bonchev–Trinajstić information content (AvgIpc) is 2.62. The van der Waals surface area contributed by atoms with Crippen molar-refractivity contribution in [2.45, 2.75) is 39.9 Å². The summed E-state index contributed by atoms with van der Waals surface area (Å²) in [6.45, 7) is 3.12. The van der Waals surface area contributed by atoms with E-state index < -0.39 is 88.9 Å². The lowest BCUT2D eigenvalue weighted by Crippen LogP contribution is -2.43. The molecule has 0 saturated carbocycles. The van der Waals surface area contributed by atoms with Gasteiger partial charge in [0.25, 0.3) is 40.5 Å². The SMILES string of the molecule is CCS(=O)(=O)OCC(OS(=O)(=O)CC)C(COS(=O)(=O)CC)OS(=O)(=O)CC. The molecule has 16 heteroatoms. The average molecular weight is 491 g/mol. The molecule has 0 saturated heterocycles. The Morgan fingerprint density at radius 1 is 0.500 bits per heavy atom. The van der Waals surface area contributed by atoms with Crippen molar-refractivity contribution in [1.82, 2.24) is 0 Å². The Hall–Kier alpha value is -0.360. The number of rotatable bonds is 15. The summed E-state index contributed by atoms with van der Waals surface area (Å²) in [6.07, 6.45) is -3.61. The van der Waals surface area contributed by atoms with Gasteiger partial charge in [0.15, 0.2) is 0 Å². The van der Waals surface area contributed by atoms with Crippen LogP contribution in [0.1, 0.15) is 27.7 Å². The predicted octanol–water partition coefficient (Wildman–Crippen LogP) is -0.811. The molecule has 0 aliphatic carbocycles. The van der Waals surface area contributed by atoms with Crippen molar-refractivity contribution >= 4 is 40.5 Å². The van der Waals surface area contributed by atoms with Crippen molar-refractivity contribution in [2.75, 3.05) is 36.2 Å². The van der Waals surface area contributed by atoms with Crippen LogP contribution >= 0.6 is 0 Å². The lowest BCUT2D eigenvalue weighted by Gasteiger charge is -2.25. The van der Waals surface area contributed by atoms with E-state index in [2.05, 4.69) is 8.37 Å². The van der Waals surface area contributed by atoms with Crippen LogP contribution in [0, 0.1) is 0 Å². The summed E-state index contributed by atoms with van der Waals surface area (Å²) in [5, 5.41) is 0. The van der Waals surface area contributed by atoms with Crippen LogP contribution in [0.5, 0.6) is 0 Å². The molecule has 0 rings (SSSR count). The van der Waals surface area contributed by atoms with Gasteiger partial charge < -0.3 is 0 Å². The molecule has 0 amide bonds. The van der Waals surface area contributed by atoms with Crippen LogP contribution in [0.4, 0.5) is 0 Å². The molecule has 0 bridgehead atoms. The molecule has 0 aromatic rings. The third kappa shape index (κ3) is 11.0. The van der Waals surface area contributed by atoms with Crippen LogP contribution in [-0.4, -0.2) is 82.1 Å². The van der Waals surface area contributed by atoms with E-state index in [0.717, 1.165) is 0 Å². The highest BCUT2D eigenvalue weighted by molar-refractivity contribution is 7.87. The molecule has 170 valence electrons. The Morgan fingerprint density at radius 3 is 0.964 bits per heavy atom. The highest BCUT2D eigenvalue weighted by Gasteiger charge is 2.34. The van der Waals surface area contributed by atoms with Gasteiger partial charge in [-0.25, -0.2) is 0 Å². The van der Waals surface area contributed by atoms with Crippen molar-refractivity contribution in [3.05, 3.63) is 0 Å². The van der Waals surface area contributed by atoms with E-state index in [-0.39, 0.29) is 0 Å². The van der Waals surface area contributed by atoms with Gasteiger partial charge in [0.2, 0.25) is 0 Å². The maximum Gasteiger partial charge on any atom is 0.267 e. The molecular formula is C12H26O12S4. The molecule has 2 unspecified atom stereocenters. The third-order valence-electron chi connectivity index (χ3n) is 3.19. The van der Waals surface area contributed by atoms with E-state index in [9.17, 15) is 33.7 Å². The lowest BCUT2D eigenvalue weighted by molar-refractivity contribution is 0.00854. The Kier molecular flexibility index (Phi) is 11.0. The summed E-state index contributed by atoms with van der Waals surface area (Å²) in [7, 11) is -16.5. The molecule has 0 radical (unpaired) electrons. The van der Waals surface area contributed by atoms with Gasteiger partial charge in [0, 0.05) is 0 Å². The van der Waals surface area contributed by atoms with E-state index >= 15 is 0 Å². The van der Waals surface area contributed by atoms with Gasteiger partial charge in [-0.2, -0.15) is 33.7 Å². The zero-order chi connectivity index (χ0) is 22.2. The van der Waals surface area contributed by atoms with E-state index in [4.69, 9.17) is 8.37 Å². The van der Waals surface area contributed by atoms with Crippen LogP contribution in [-0.2, 0) is 57.2 Å². The first-order valence-corrected chi connectivity index (χ1v) is 14.5. The quantitative estimate of drug-likeness (QED) is 0.261. The van der Waals surface area contributed by atoms with Gasteiger partial charge in [-0.05, 0) is 27.7 Å². The fourth-order valence-corrected chi connectivity index (χ4v) is 3.82. The summed E-state index contributed by atoms with van der Waals surface area (Å²) in [4.78, 5) is 0. The Morgan fingerprint density at radius 2 is 0.750 bits per heavy atom. The number of hydrogen-bond donors (Lipinski definition) is 0. The molecule has 0 aliphatic heterocycles. The van der Waals surface area contributed by atoms with Crippen LogP contribution in [0.25, 0.3) is 0 Å². The highest BCUT2D eigenvalue weighted by Crippen LogP contribution is 2.16. The molecule has 0 aliphatic rings. The minimum absolute atomic E-state index is 0.445. The van der Waals surface area contributed by atoms with Gasteiger partial charge >= 0.3 is 0 Å². The highest BCUT2D eigenvalue weighted by atomic mass is 32.2. The second-order valence-electron chi connectivity index (χ2n) is 5.22. The van der Waals surface area contributed by atoms with Crippen molar-refractivity contribution in [1.29, 1.82) is 0 Å². The summed E-state index contributed by atoms with van der Waals surface area (Å²) in [5.74, 6) is -1.93. The first kappa shape index (κ1) is 27.6. The van der Waals surface area contributed by atoms with Crippen LogP contribution in [0.15, 0.2) is 0 Å². The van der Waals surface area contributed by atoms with E-state index in [1.54, 1.807) is 0 Å². The lowest BCUT2D eigenvalue weighted by atomic mass is 10.2. The third-order valence-corrected chi connectivity index (χ3v) is 8.09. The van der Waals surface area contributed by atoms with Gasteiger partial charge in [0.05, 0.1) is 36.2 Å². The molecule has 2 atom stereocenters. The van der Waals surface area contributed by atoms with Crippen molar-refractivity contribution in [2.24, 2.45) is 0 Å². The first-order valence-electron chi connectivity index (χ1n) is 8.18. The van der Waals surface area contributed by atoms with Gasteiger partial charge in [-0.15, -0.1) is 0 Å². The minimum atomic E-state index is -4.21. The fraction of sp³-hybridized carbons (Fsp3) is 1.00. The molecule has 0 N–H and O–H groups in total. The Bertz CT molecular complexity index is 810. The zero-order valence-electron chi connectivity index (χ0n) is 15.9. The van der Waals surface area contributed by atoms with Crippen molar-refractivity contribution in [3.8, 4) is 0 Å². The van der Waals surface area contributed by atoms with Crippen LogP contribution in [0.3, 0.4) is 0 Å². The second kappa shape index (κ2) is 11.1. The summed E-state index contributed by atoms with van der Waals surface area (Å²) >= 11 is 0. The van der Waals surface area contributed by atoms with Crippen molar-refractivity contribution < 1.29 is 50.4 Å². The first-order chi connectivity index (χ1) is 12.6. The van der Waals surface area contributed by atoms with Crippen LogP contribution in [0.2, 0.25) is 0 Å². The summed E-state index contributed by atoms with van der Waals surface area (Å²) in [5.41, 5.74) is 0. The summed E-state index contributed by atoms with van der Waals surface area (Å²) < 4.78 is 112. The van der Waals surface area contributed by atoms with E-state index in [1.165, 1.54) is 27.7 Å². The fourth-order valence-electron chi connectivity index (χ4n) is 1.41. The Balaban J connectivity index is 5.86. The van der Waals surface area contributed by atoms with Gasteiger partial charge in [-0.3, -0.25) is 16.7 Å². The maximum atomic E-state index is 11.8. The second-order valence-corrected chi connectivity index (χ2v) is 12.9. The monoisotopic (exact) mass is 490 g/mol. The van der Waals surface area contributed by atoms with Crippen molar-refractivity contribution in [3.63, 3.8) is 0 Å². The largest absolute Gasteiger partial charge is 0.267 e. The van der Waals surface area contributed by atoms with E-state index in [1.807, 2.05) is 0 Å². The smallest absolute Gasteiger partial charge is 0.267 e. The molecule has 12 nitrogen and oxygen atoms in total. The van der Waals surface area contributed by atoms with Gasteiger partial charge in [0.1, 0.15) is 12.2 Å². The standard InChI is InChI=1S/C12H26O12S4/c1-5-25(13,14)21-9-11(23-27(17,18)7-3)12(24-28(19,20)8-4)10-22-26(15,16)6-2/h11-12H,5-10H2,1-4H3. The number of hydrogen-bond acceptors (Lipinski definition) is 12. The predicted molar refractivity (Wildman–Crippen MR) is 99.5 cm³/mol. The normalized spacial score (nSPS) is 16.0. The topological polar surface area (TPSA) is 173 Å². The Labute approximate surface area is 167 Å². The molecule has 0 aromatic carbocycles. The molecule has 0 fully saturated rings. The molecular weight excluding hydrogens is 464 g/mol. The maximum absolute atomic E-state index is 11.8. The molecule has 0 aromatic heterocycles. The summed E-state index contributed by atoms with van der Waals surface area (Å²) in [6, 6.07) is 0. The zero-order valence-corrected chi connectivity index (χ0v) is 19.2. The molecule has 0 heterocycles. The minimum Gasteiger partial charge on any atom is -0.267 e. The molecule has 28 heavy (non-hydrogen) atoms. The van der Waals surface area contributed by atoms with Crippen LogP contribution < -0.4 is 0 Å². The van der Waals surface area contributed by atoms with Gasteiger partial charge in [-0.1, -0.05) is 0 Å².